The van der Waals surface area contributed by atoms with E-state index in [0.717, 1.165) is 13.0 Å². The van der Waals surface area contributed by atoms with Crippen molar-refractivity contribution in [2.45, 2.75) is 32.8 Å². The van der Waals surface area contributed by atoms with Gasteiger partial charge in [-0.1, -0.05) is 29.8 Å². The maximum atomic E-state index is 9.49. The first-order valence-corrected chi connectivity index (χ1v) is 5.46. The van der Waals surface area contributed by atoms with Gasteiger partial charge < -0.3 is 10.4 Å². The van der Waals surface area contributed by atoms with Crippen molar-refractivity contribution in [3.63, 3.8) is 0 Å². The van der Waals surface area contributed by atoms with Crippen LogP contribution in [0.2, 0.25) is 0 Å². The average Bonchev–Trinajstić information content (AvgIpc) is 2.14. The summed E-state index contributed by atoms with van der Waals surface area (Å²) in [6, 6.07) is 8.57. The molecule has 0 aliphatic carbocycles. The molecule has 0 bridgehead atoms. The molecule has 2 heteroatoms. The van der Waals surface area contributed by atoms with Gasteiger partial charge >= 0.3 is 0 Å². The Kier molecular flexibility index (Phi) is 4.30. The lowest BCUT2D eigenvalue weighted by atomic mass is 10.1. The van der Waals surface area contributed by atoms with E-state index in [-0.39, 0.29) is 0 Å². The van der Waals surface area contributed by atoms with Crippen LogP contribution in [0.25, 0.3) is 0 Å². The van der Waals surface area contributed by atoms with Crippen molar-refractivity contribution in [1.82, 2.24) is 5.32 Å². The van der Waals surface area contributed by atoms with Crippen LogP contribution < -0.4 is 5.32 Å². The third kappa shape index (κ3) is 5.55. The minimum atomic E-state index is -0.618. The predicted molar refractivity (Wildman–Crippen MR) is 64.1 cm³/mol. The fourth-order valence-corrected chi connectivity index (χ4v) is 1.38. The molecular formula is C13H21NO. The Labute approximate surface area is 92.3 Å². The van der Waals surface area contributed by atoms with Gasteiger partial charge in [0.2, 0.25) is 0 Å². The van der Waals surface area contributed by atoms with Gasteiger partial charge in [-0.25, -0.2) is 0 Å². The van der Waals surface area contributed by atoms with Crippen molar-refractivity contribution in [3.8, 4) is 0 Å². The maximum Gasteiger partial charge on any atom is 0.0715 e. The predicted octanol–water partition coefficient (Wildman–Crippen LogP) is 1.90. The van der Waals surface area contributed by atoms with Crippen molar-refractivity contribution < 1.29 is 5.11 Å². The number of rotatable bonds is 5. The van der Waals surface area contributed by atoms with E-state index < -0.39 is 5.60 Å². The van der Waals surface area contributed by atoms with Gasteiger partial charge in [-0.3, -0.25) is 0 Å². The fourth-order valence-electron chi connectivity index (χ4n) is 1.38. The molecule has 0 atom stereocenters. The molecule has 2 nitrogen and oxygen atoms in total. The molecule has 1 rings (SSSR count). The van der Waals surface area contributed by atoms with Gasteiger partial charge in [-0.15, -0.1) is 0 Å². The second-order valence-electron chi connectivity index (χ2n) is 4.72. The number of nitrogens with one attached hydrogen (secondary N) is 1. The zero-order chi connectivity index (χ0) is 11.3. The molecule has 0 unspecified atom stereocenters. The maximum absolute atomic E-state index is 9.49. The summed E-state index contributed by atoms with van der Waals surface area (Å²) in [4.78, 5) is 0. The molecule has 84 valence electrons. The van der Waals surface area contributed by atoms with Gasteiger partial charge in [0.1, 0.15) is 0 Å². The Balaban J connectivity index is 2.23. The van der Waals surface area contributed by atoms with Crippen molar-refractivity contribution in [3.05, 3.63) is 35.4 Å². The first-order chi connectivity index (χ1) is 6.97. The highest BCUT2D eigenvalue weighted by atomic mass is 16.3. The minimum absolute atomic E-state index is 0.618. The molecule has 0 spiro atoms. The molecule has 0 aliphatic rings. The highest BCUT2D eigenvalue weighted by molar-refractivity contribution is 5.21. The Bertz CT molecular complexity index is 284. The molecule has 0 heterocycles. The van der Waals surface area contributed by atoms with Gasteiger partial charge in [0.05, 0.1) is 5.60 Å². The summed E-state index contributed by atoms with van der Waals surface area (Å²) in [5.74, 6) is 0. The molecule has 0 fully saturated rings. The summed E-state index contributed by atoms with van der Waals surface area (Å²) in [5.41, 5.74) is 2.01. The standard InChI is InChI=1S/C13H21NO/c1-11-4-6-12(7-5-11)8-9-14-10-13(2,3)15/h4-7,14-15H,8-10H2,1-3H3. The first-order valence-electron chi connectivity index (χ1n) is 5.46. The minimum Gasteiger partial charge on any atom is -0.389 e. The average molecular weight is 207 g/mol. The van der Waals surface area contributed by atoms with Crippen LogP contribution in [0.4, 0.5) is 0 Å². The van der Waals surface area contributed by atoms with Crippen molar-refractivity contribution in [2.75, 3.05) is 13.1 Å². The quantitative estimate of drug-likeness (QED) is 0.723. The molecule has 0 amide bonds. The van der Waals surface area contributed by atoms with E-state index in [2.05, 4.69) is 36.5 Å². The Morgan fingerprint density at radius 2 is 1.80 bits per heavy atom. The zero-order valence-electron chi connectivity index (χ0n) is 9.88. The number of hydrogen-bond acceptors (Lipinski definition) is 2. The van der Waals surface area contributed by atoms with E-state index in [9.17, 15) is 5.11 Å². The molecular weight excluding hydrogens is 186 g/mol. The van der Waals surface area contributed by atoms with Gasteiger partial charge in [-0.05, 0) is 39.3 Å². The summed E-state index contributed by atoms with van der Waals surface area (Å²) in [6.07, 6.45) is 1.01. The molecule has 1 aromatic rings. The number of hydrogen-bond donors (Lipinski definition) is 2. The summed E-state index contributed by atoms with van der Waals surface area (Å²) in [5, 5.41) is 12.7. The Morgan fingerprint density at radius 1 is 1.20 bits per heavy atom. The van der Waals surface area contributed by atoms with E-state index in [1.54, 1.807) is 0 Å². The van der Waals surface area contributed by atoms with Crippen molar-refractivity contribution in [2.24, 2.45) is 0 Å². The highest BCUT2D eigenvalue weighted by Crippen LogP contribution is 2.03. The van der Waals surface area contributed by atoms with Crippen LogP contribution in [0, 0.1) is 6.92 Å². The van der Waals surface area contributed by atoms with Crippen molar-refractivity contribution in [1.29, 1.82) is 0 Å². The SMILES string of the molecule is Cc1ccc(CCNCC(C)(C)O)cc1. The van der Waals surface area contributed by atoms with E-state index in [1.807, 2.05) is 13.8 Å². The largest absolute Gasteiger partial charge is 0.389 e. The normalized spacial score (nSPS) is 11.7. The van der Waals surface area contributed by atoms with Crippen LogP contribution in [0.5, 0.6) is 0 Å². The van der Waals surface area contributed by atoms with E-state index >= 15 is 0 Å². The van der Waals surface area contributed by atoms with Crippen LogP contribution in [0.3, 0.4) is 0 Å². The number of aliphatic hydroxyl groups is 1. The van der Waals surface area contributed by atoms with E-state index in [1.165, 1.54) is 11.1 Å². The van der Waals surface area contributed by atoms with Crippen LogP contribution in [0.15, 0.2) is 24.3 Å². The zero-order valence-corrected chi connectivity index (χ0v) is 9.88. The van der Waals surface area contributed by atoms with Gasteiger partial charge in [0, 0.05) is 6.54 Å². The smallest absolute Gasteiger partial charge is 0.0715 e. The molecule has 0 saturated heterocycles. The Morgan fingerprint density at radius 3 is 2.33 bits per heavy atom. The van der Waals surface area contributed by atoms with Crippen molar-refractivity contribution >= 4 is 0 Å². The van der Waals surface area contributed by atoms with Crippen LogP contribution in [0.1, 0.15) is 25.0 Å². The molecule has 15 heavy (non-hydrogen) atoms. The third-order valence-corrected chi connectivity index (χ3v) is 2.27. The first kappa shape index (κ1) is 12.2. The monoisotopic (exact) mass is 207 g/mol. The van der Waals surface area contributed by atoms with E-state index in [0.29, 0.717) is 6.54 Å². The van der Waals surface area contributed by atoms with Crippen LogP contribution in [-0.2, 0) is 6.42 Å². The molecule has 0 aliphatic heterocycles. The second-order valence-corrected chi connectivity index (χ2v) is 4.72. The lowest BCUT2D eigenvalue weighted by Gasteiger charge is -2.17. The molecule has 1 aromatic carbocycles. The van der Waals surface area contributed by atoms with E-state index in [4.69, 9.17) is 0 Å². The van der Waals surface area contributed by atoms with Crippen LogP contribution >= 0.6 is 0 Å². The number of benzene rings is 1. The molecule has 0 saturated carbocycles. The van der Waals surface area contributed by atoms with Gasteiger partial charge in [-0.2, -0.15) is 0 Å². The highest BCUT2D eigenvalue weighted by Gasteiger charge is 2.10. The molecule has 0 aromatic heterocycles. The second kappa shape index (κ2) is 5.29. The topological polar surface area (TPSA) is 32.3 Å². The van der Waals surface area contributed by atoms with Crippen LogP contribution in [-0.4, -0.2) is 23.8 Å². The number of aryl methyl sites for hydroxylation is 1. The van der Waals surface area contributed by atoms with Gasteiger partial charge in [0.25, 0.3) is 0 Å². The molecule has 2 N–H and O–H groups in total. The summed E-state index contributed by atoms with van der Waals surface area (Å²) in [7, 11) is 0. The third-order valence-electron chi connectivity index (χ3n) is 2.27. The fraction of sp³-hybridized carbons (Fsp3) is 0.538. The summed E-state index contributed by atoms with van der Waals surface area (Å²) in [6.45, 7) is 7.26. The summed E-state index contributed by atoms with van der Waals surface area (Å²) >= 11 is 0. The lowest BCUT2D eigenvalue weighted by molar-refractivity contribution is 0.0801. The summed E-state index contributed by atoms with van der Waals surface area (Å²) < 4.78 is 0. The van der Waals surface area contributed by atoms with Gasteiger partial charge in [0.15, 0.2) is 0 Å². The Hall–Kier alpha value is -0.860. The molecule has 0 radical (unpaired) electrons. The lowest BCUT2D eigenvalue weighted by Crippen LogP contribution is -2.35.